The highest BCUT2D eigenvalue weighted by Gasteiger charge is 2.28. The molecule has 1 saturated carbocycles. The summed E-state index contributed by atoms with van der Waals surface area (Å²) in [6.45, 7) is 0.850. The molecule has 2 fully saturated rings. The van der Waals surface area contributed by atoms with Crippen molar-refractivity contribution < 1.29 is 0 Å². The first kappa shape index (κ1) is 15.6. The molecule has 4 rings (SSSR count). The Morgan fingerprint density at radius 1 is 1.21 bits per heavy atom. The van der Waals surface area contributed by atoms with Crippen LogP contribution in [0.25, 0.3) is 10.9 Å². The Balaban J connectivity index is 1.70. The van der Waals surface area contributed by atoms with Crippen molar-refractivity contribution in [2.45, 2.75) is 50.6 Å². The van der Waals surface area contributed by atoms with Gasteiger partial charge in [0.2, 0.25) is 0 Å². The average Bonchev–Trinajstić information content (AvgIpc) is 3.26. The van der Waals surface area contributed by atoms with E-state index >= 15 is 0 Å². The number of rotatable bonds is 3. The van der Waals surface area contributed by atoms with Crippen molar-refractivity contribution in [3.63, 3.8) is 0 Å². The molecule has 0 bridgehead atoms. The second-order valence-electron chi connectivity index (χ2n) is 7.00. The molecule has 5 N–H and O–H groups in total. The Labute approximate surface area is 147 Å². The van der Waals surface area contributed by atoms with Gasteiger partial charge in [-0.3, -0.25) is 5.41 Å². The number of aromatic nitrogens is 1. The lowest BCUT2D eigenvalue weighted by Gasteiger charge is -2.23. The summed E-state index contributed by atoms with van der Waals surface area (Å²) in [6.07, 6.45) is 7.13. The lowest BCUT2D eigenvalue weighted by molar-refractivity contribution is 0.388. The summed E-state index contributed by atoms with van der Waals surface area (Å²) < 4.78 is 0. The molecule has 0 radical (unpaired) electrons. The van der Waals surface area contributed by atoms with Crippen LogP contribution in [0.5, 0.6) is 0 Å². The second kappa shape index (κ2) is 6.20. The van der Waals surface area contributed by atoms with Crippen molar-refractivity contribution in [1.29, 1.82) is 5.41 Å². The van der Waals surface area contributed by atoms with Crippen LogP contribution in [-0.2, 0) is 0 Å². The van der Waals surface area contributed by atoms with Crippen molar-refractivity contribution >= 4 is 34.2 Å². The van der Waals surface area contributed by atoms with Crippen molar-refractivity contribution in [3.8, 4) is 0 Å². The summed E-state index contributed by atoms with van der Waals surface area (Å²) in [5, 5.41) is 13.3. The summed E-state index contributed by atoms with van der Waals surface area (Å²) in [4.78, 5) is 5.55. The van der Waals surface area contributed by atoms with Gasteiger partial charge in [-0.25, -0.2) is 0 Å². The predicted octanol–water partition coefficient (Wildman–Crippen LogP) is 4.21. The van der Waals surface area contributed by atoms with E-state index in [-0.39, 0.29) is 12.0 Å². The fourth-order valence-corrected chi connectivity index (χ4v) is 4.42. The summed E-state index contributed by atoms with van der Waals surface area (Å²) in [6, 6.07) is 6.88. The van der Waals surface area contributed by atoms with Crippen LogP contribution < -0.4 is 11.1 Å². The number of halogens is 1. The van der Waals surface area contributed by atoms with Crippen LogP contribution in [0.15, 0.2) is 18.2 Å². The molecule has 5 nitrogen and oxygen atoms in total. The van der Waals surface area contributed by atoms with E-state index in [9.17, 15) is 0 Å². The van der Waals surface area contributed by atoms with Crippen LogP contribution in [0, 0.1) is 5.41 Å². The molecule has 6 heteroatoms. The molecule has 1 aromatic carbocycles. The molecule has 0 spiro atoms. The molecule has 24 heavy (non-hydrogen) atoms. The Bertz CT molecular complexity index is 762. The maximum atomic E-state index is 7.79. The molecule has 1 aromatic heterocycles. The molecule has 2 heterocycles. The third-order valence-corrected chi connectivity index (χ3v) is 5.57. The van der Waals surface area contributed by atoms with Crippen LogP contribution in [0.2, 0.25) is 5.02 Å². The second-order valence-corrected chi connectivity index (χ2v) is 7.44. The van der Waals surface area contributed by atoms with E-state index in [1.54, 1.807) is 0 Å². The van der Waals surface area contributed by atoms with E-state index in [0.717, 1.165) is 46.7 Å². The third-order valence-electron chi connectivity index (χ3n) is 5.35. The number of likely N-dealkylation sites (tertiary alicyclic amines) is 1. The number of anilines is 1. The molecular weight excluding hydrogens is 322 g/mol. The maximum Gasteiger partial charge on any atom is 0.188 e. The number of hydrogen-bond acceptors (Lipinski definition) is 2. The highest BCUT2D eigenvalue weighted by atomic mass is 35.5. The van der Waals surface area contributed by atoms with Crippen LogP contribution in [-0.4, -0.2) is 28.4 Å². The molecule has 1 atom stereocenters. The highest BCUT2D eigenvalue weighted by molar-refractivity contribution is 6.31. The molecule has 1 saturated heterocycles. The number of benzene rings is 1. The third kappa shape index (κ3) is 2.81. The number of H-pyrrole nitrogens is 1. The molecule has 0 unspecified atom stereocenters. The molecule has 1 aliphatic heterocycles. The Morgan fingerprint density at radius 2 is 2.00 bits per heavy atom. The zero-order chi connectivity index (χ0) is 16.7. The van der Waals surface area contributed by atoms with Gasteiger partial charge in [0, 0.05) is 28.7 Å². The van der Waals surface area contributed by atoms with E-state index in [2.05, 4.69) is 16.4 Å². The van der Waals surface area contributed by atoms with Crippen molar-refractivity contribution in [3.05, 3.63) is 28.9 Å². The van der Waals surface area contributed by atoms with Crippen LogP contribution in [0.1, 0.15) is 50.3 Å². The van der Waals surface area contributed by atoms with Gasteiger partial charge in [-0.05, 0) is 43.9 Å². The number of nitrogens with one attached hydrogen (secondary N) is 3. The first-order valence-electron chi connectivity index (χ1n) is 8.81. The molecular formula is C18H24ClN5. The van der Waals surface area contributed by atoms with E-state index in [0.29, 0.717) is 6.04 Å². The fourth-order valence-electron chi connectivity index (χ4n) is 4.19. The first-order valence-corrected chi connectivity index (χ1v) is 9.19. The Kier molecular flexibility index (Phi) is 4.04. The normalized spacial score (nSPS) is 21.7. The quantitative estimate of drug-likeness (QED) is 0.497. The van der Waals surface area contributed by atoms with Gasteiger partial charge in [0.25, 0.3) is 0 Å². The van der Waals surface area contributed by atoms with Gasteiger partial charge in [0.15, 0.2) is 5.96 Å². The van der Waals surface area contributed by atoms with Gasteiger partial charge in [0.05, 0.1) is 17.2 Å². The molecule has 128 valence electrons. The SMILES string of the molecule is N=C(N)N1CCC[C@H]1c1cc2cc(Cl)cc(NC3CCCC3)c2[nH]1. The zero-order valence-electron chi connectivity index (χ0n) is 13.7. The minimum Gasteiger partial charge on any atom is -0.381 e. The standard InChI is InChI=1S/C18H24ClN5/c19-12-8-11-9-14(16-6-3-7-24(16)18(20)21)23-17(11)15(10-12)22-13-4-1-2-5-13/h8-10,13,16,22-23H,1-7H2,(H3,20,21)/t16-/m0/s1. The Hall–Kier alpha value is -1.88. The minimum absolute atomic E-state index is 0.151. The van der Waals surface area contributed by atoms with E-state index in [4.69, 9.17) is 22.7 Å². The maximum absolute atomic E-state index is 7.79. The number of guanidine groups is 1. The van der Waals surface area contributed by atoms with E-state index in [1.165, 1.54) is 25.7 Å². The van der Waals surface area contributed by atoms with Crippen molar-refractivity contribution in [2.75, 3.05) is 11.9 Å². The van der Waals surface area contributed by atoms with Crippen molar-refractivity contribution in [1.82, 2.24) is 9.88 Å². The number of fused-ring (bicyclic) bond motifs is 1. The number of nitrogens with two attached hydrogens (primary N) is 1. The van der Waals surface area contributed by atoms with E-state index in [1.807, 2.05) is 17.0 Å². The molecule has 1 aliphatic carbocycles. The van der Waals surface area contributed by atoms with Gasteiger partial charge in [-0.2, -0.15) is 0 Å². The lowest BCUT2D eigenvalue weighted by Crippen LogP contribution is -2.35. The van der Waals surface area contributed by atoms with E-state index < -0.39 is 0 Å². The average molecular weight is 346 g/mol. The number of hydrogen-bond donors (Lipinski definition) is 4. The summed E-state index contributed by atoms with van der Waals surface area (Å²) in [7, 11) is 0. The van der Waals surface area contributed by atoms with Crippen LogP contribution >= 0.6 is 11.6 Å². The molecule has 2 aromatic rings. The molecule has 0 amide bonds. The largest absolute Gasteiger partial charge is 0.381 e. The fraction of sp³-hybridized carbons (Fsp3) is 0.500. The highest BCUT2D eigenvalue weighted by Crippen LogP contribution is 2.36. The smallest absolute Gasteiger partial charge is 0.188 e. The van der Waals surface area contributed by atoms with Crippen LogP contribution in [0.4, 0.5) is 5.69 Å². The van der Waals surface area contributed by atoms with Gasteiger partial charge < -0.3 is 20.9 Å². The van der Waals surface area contributed by atoms with Crippen LogP contribution in [0.3, 0.4) is 0 Å². The monoisotopic (exact) mass is 345 g/mol. The lowest BCUT2D eigenvalue weighted by atomic mass is 10.1. The summed E-state index contributed by atoms with van der Waals surface area (Å²) >= 11 is 6.34. The Morgan fingerprint density at radius 3 is 2.75 bits per heavy atom. The number of aromatic amines is 1. The topological polar surface area (TPSA) is 80.9 Å². The van der Waals surface area contributed by atoms with Gasteiger partial charge in [-0.15, -0.1) is 0 Å². The van der Waals surface area contributed by atoms with Gasteiger partial charge >= 0.3 is 0 Å². The van der Waals surface area contributed by atoms with Crippen molar-refractivity contribution in [2.24, 2.45) is 5.73 Å². The summed E-state index contributed by atoms with van der Waals surface area (Å²) in [5.41, 5.74) is 9.06. The summed E-state index contributed by atoms with van der Waals surface area (Å²) in [5.74, 6) is 0.151. The van der Waals surface area contributed by atoms with Gasteiger partial charge in [-0.1, -0.05) is 24.4 Å². The minimum atomic E-state index is 0.151. The zero-order valence-corrected chi connectivity index (χ0v) is 14.5. The first-order chi connectivity index (χ1) is 11.6. The molecule has 2 aliphatic rings. The predicted molar refractivity (Wildman–Crippen MR) is 99.8 cm³/mol. The number of nitrogens with zero attached hydrogens (tertiary/aromatic N) is 1. The van der Waals surface area contributed by atoms with Gasteiger partial charge in [0.1, 0.15) is 0 Å².